The minimum Gasteiger partial charge on any atom is -0.348 e. The average Bonchev–Trinajstić information content (AvgIpc) is 3.27. The largest absolute Gasteiger partial charge is 0.348 e. The van der Waals surface area contributed by atoms with Crippen LogP contribution in [-0.2, 0) is 10.0 Å². The quantitative estimate of drug-likeness (QED) is 0.673. The molecule has 1 atom stereocenters. The molecule has 1 unspecified atom stereocenters. The van der Waals surface area contributed by atoms with Gasteiger partial charge in [0.25, 0.3) is 5.91 Å². The number of carbonyl (C=O) groups is 1. The van der Waals surface area contributed by atoms with E-state index >= 15 is 0 Å². The van der Waals surface area contributed by atoms with E-state index < -0.39 is 10.0 Å². The van der Waals surface area contributed by atoms with Gasteiger partial charge in [-0.25, -0.2) is 12.7 Å². The number of likely N-dealkylation sites (tertiary alicyclic amines) is 1. The van der Waals surface area contributed by atoms with E-state index in [1.165, 1.54) is 39.1 Å². The smallest absolute Gasteiger partial charge is 0.252 e. The predicted molar refractivity (Wildman–Crippen MR) is 100 cm³/mol. The van der Waals surface area contributed by atoms with E-state index in [9.17, 15) is 13.2 Å². The summed E-state index contributed by atoms with van der Waals surface area (Å²) in [5.74, 6) is -0.196. The second kappa shape index (κ2) is 6.89. The van der Waals surface area contributed by atoms with E-state index in [-0.39, 0.29) is 16.8 Å². The summed E-state index contributed by atoms with van der Waals surface area (Å²) in [6.07, 6.45) is 3.49. The van der Waals surface area contributed by atoms with Crippen LogP contribution in [0, 0.1) is 3.57 Å². The fraction of sp³-hybridized carbons (Fsp3) is 0.562. The van der Waals surface area contributed by atoms with Crippen LogP contribution in [0.4, 0.5) is 0 Å². The number of halogens is 1. The standard InChI is InChI=1S/C16H22IN3O3S/c1-19(2)24(22,23)13-5-6-15(17)14(9-13)16(21)18-11-7-8-20(10-11)12-3-4-12/h5-6,9,11-12H,3-4,7-8,10H2,1-2H3,(H,18,21). The van der Waals surface area contributed by atoms with Crippen molar-refractivity contribution in [3.05, 3.63) is 27.3 Å². The van der Waals surface area contributed by atoms with Gasteiger partial charge in [-0.3, -0.25) is 9.69 Å². The summed E-state index contributed by atoms with van der Waals surface area (Å²) in [7, 11) is -0.579. The maximum absolute atomic E-state index is 12.6. The molecule has 1 saturated heterocycles. The van der Waals surface area contributed by atoms with Gasteiger partial charge in [-0.15, -0.1) is 0 Å². The summed E-state index contributed by atoms with van der Waals surface area (Å²) in [5, 5.41) is 3.06. The molecule has 1 aromatic rings. The molecule has 0 bridgehead atoms. The molecule has 1 aliphatic heterocycles. The van der Waals surface area contributed by atoms with Gasteiger partial charge in [0.05, 0.1) is 10.5 Å². The van der Waals surface area contributed by atoms with Crippen LogP contribution in [0.25, 0.3) is 0 Å². The zero-order valence-electron chi connectivity index (χ0n) is 13.8. The van der Waals surface area contributed by atoms with Crippen LogP contribution < -0.4 is 5.32 Å². The lowest BCUT2D eigenvalue weighted by Gasteiger charge is -2.17. The first-order valence-electron chi connectivity index (χ1n) is 8.06. The zero-order valence-corrected chi connectivity index (χ0v) is 16.8. The third-order valence-electron chi connectivity index (χ3n) is 4.58. The monoisotopic (exact) mass is 463 g/mol. The number of hydrogen-bond acceptors (Lipinski definition) is 4. The molecule has 2 aliphatic rings. The first-order valence-corrected chi connectivity index (χ1v) is 10.6. The third kappa shape index (κ3) is 3.76. The first kappa shape index (κ1) is 18.1. The Morgan fingerprint density at radius 3 is 2.62 bits per heavy atom. The maximum Gasteiger partial charge on any atom is 0.252 e. The Balaban J connectivity index is 1.74. The van der Waals surface area contributed by atoms with E-state index in [4.69, 9.17) is 0 Å². The normalized spacial score (nSPS) is 22.1. The van der Waals surface area contributed by atoms with Gasteiger partial charge in [0, 0.05) is 42.8 Å². The Kier molecular flexibility index (Phi) is 5.19. The van der Waals surface area contributed by atoms with E-state index in [0.29, 0.717) is 11.6 Å². The van der Waals surface area contributed by atoms with Gasteiger partial charge in [0.15, 0.2) is 0 Å². The number of amides is 1. The van der Waals surface area contributed by atoms with E-state index in [2.05, 4.69) is 32.8 Å². The Morgan fingerprint density at radius 1 is 1.29 bits per heavy atom. The molecule has 0 aromatic heterocycles. The Bertz CT molecular complexity index is 747. The van der Waals surface area contributed by atoms with Gasteiger partial charge in [-0.2, -0.15) is 0 Å². The summed E-state index contributed by atoms with van der Waals surface area (Å²) in [6.45, 7) is 1.92. The highest BCUT2D eigenvalue weighted by molar-refractivity contribution is 14.1. The van der Waals surface area contributed by atoms with Gasteiger partial charge in [0.1, 0.15) is 0 Å². The van der Waals surface area contributed by atoms with Crippen LogP contribution in [0.5, 0.6) is 0 Å². The van der Waals surface area contributed by atoms with Crippen molar-refractivity contribution in [3.63, 3.8) is 0 Å². The SMILES string of the molecule is CN(C)S(=O)(=O)c1ccc(I)c(C(=O)NC2CCN(C3CC3)C2)c1. The molecule has 0 radical (unpaired) electrons. The molecule has 132 valence electrons. The summed E-state index contributed by atoms with van der Waals surface area (Å²) in [6, 6.07) is 5.54. The number of benzene rings is 1. The molecule has 2 fully saturated rings. The molecule has 24 heavy (non-hydrogen) atoms. The van der Waals surface area contributed by atoms with Gasteiger partial charge in [-0.1, -0.05) is 0 Å². The van der Waals surface area contributed by atoms with Crippen LogP contribution in [0.3, 0.4) is 0 Å². The highest BCUT2D eigenvalue weighted by atomic mass is 127. The second-order valence-electron chi connectivity index (χ2n) is 6.61. The minimum atomic E-state index is -3.55. The van der Waals surface area contributed by atoms with Gasteiger partial charge in [0.2, 0.25) is 10.0 Å². The minimum absolute atomic E-state index is 0.142. The zero-order chi connectivity index (χ0) is 17.5. The Hall–Kier alpha value is -0.710. The van der Waals surface area contributed by atoms with Crippen molar-refractivity contribution in [1.29, 1.82) is 0 Å². The summed E-state index contributed by atoms with van der Waals surface area (Å²) in [5.41, 5.74) is 0.420. The van der Waals surface area contributed by atoms with Gasteiger partial charge in [-0.05, 0) is 60.1 Å². The summed E-state index contributed by atoms with van der Waals surface area (Å²) >= 11 is 2.07. The van der Waals surface area contributed by atoms with Crippen molar-refractivity contribution in [3.8, 4) is 0 Å². The lowest BCUT2D eigenvalue weighted by molar-refractivity contribution is 0.0936. The molecule has 1 aromatic carbocycles. The molecule has 0 spiro atoms. The molecular formula is C16H22IN3O3S. The second-order valence-corrected chi connectivity index (χ2v) is 9.93. The van der Waals surface area contributed by atoms with Crippen LogP contribution >= 0.6 is 22.6 Å². The van der Waals surface area contributed by atoms with Crippen molar-refractivity contribution in [1.82, 2.24) is 14.5 Å². The van der Waals surface area contributed by atoms with Crippen molar-refractivity contribution in [2.24, 2.45) is 0 Å². The number of nitrogens with zero attached hydrogens (tertiary/aromatic N) is 2. The van der Waals surface area contributed by atoms with Crippen molar-refractivity contribution in [2.75, 3.05) is 27.2 Å². The van der Waals surface area contributed by atoms with Gasteiger partial charge < -0.3 is 5.32 Å². The maximum atomic E-state index is 12.6. The van der Waals surface area contributed by atoms with Crippen molar-refractivity contribution >= 4 is 38.5 Å². The fourth-order valence-electron chi connectivity index (χ4n) is 2.99. The molecule has 1 saturated carbocycles. The van der Waals surface area contributed by atoms with Crippen LogP contribution in [0.1, 0.15) is 29.6 Å². The summed E-state index contributed by atoms with van der Waals surface area (Å²) < 4.78 is 26.4. The molecule has 6 nitrogen and oxygen atoms in total. The predicted octanol–water partition coefficient (Wildman–Crippen LogP) is 1.51. The van der Waals surface area contributed by atoms with E-state index in [1.54, 1.807) is 6.07 Å². The highest BCUT2D eigenvalue weighted by Gasteiger charge is 2.35. The number of rotatable bonds is 5. The Labute approximate surface area is 156 Å². The van der Waals surface area contributed by atoms with Crippen molar-refractivity contribution < 1.29 is 13.2 Å². The third-order valence-corrected chi connectivity index (χ3v) is 7.33. The topological polar surface area (TPSA) is 69.7 Å². The number of carbonyl (C=O) groups excluding carboxylic acids is 1. The number of hydrogen-bond donors (Lipinski definition) is 1. The van der Waals surface area contributed by atoms with Crippen molar-refractivity contribution in [2.45, 2.75) is 36.2 Å². The van der Waals surface area contributed by atoms with Crippen LogP contribution in [0.2, 0.25) is 0 Å². The number of nitrogens with one attached hydrogen (secondary N) is 1. The molecule has 1 N–H and O–H groups in total. The molecule has 1 heterocycles. The summed E-state index contributed by atoms with van der Waals surface area (Å²) in [4.78, 5) is 15.2. The van der Waals surface area contributed by atoms with Crippen LogP contribution in [0.15, 0.2) is 23.1 Å². The highest BCUT2D eigenvalue weighted by Crippen LogP contribution is 2.30. The van der Waals surface area contributed by atoms with E-state index in [0.717, 1.165) is 27.4 Å². The van der Waals surface area contributed by atoms with E-state index in [1.807, 2.05) is 0 Å². The Morgan fingerprint density at radius 2 is 2.00 bits per heavy atom. The molecule has 1 aliphatic carbocycles. The lowest BCUT2D eigenvalue weighted by atomic mass is 10.2. The fourth-order valence-corrected chi connectivity index (χ4v) is 4.50. The molecule has 1 amide bonds. The van der Waals surface area contributed by atoms with Crippen LogP contribution in [-0.4, -0.2) is 62.8 Å². The number of sulfonamides is 1. The molecule has 3 rings (SSSR count). The molecule has 8 heteroatoms. The lowest BCUT2D eigenvalue weighted by Crippen LogP contribution is -2.38. The first-order chi connectivity index (χ1) is 11.3. The molecular weight excluding hydrogens is 441 g/mol. The van der Waals surface area contributed by atoms with Gasteiger partial charge >= 0.3 is 0 Å². The average molecular weight is 463 g/mol.